The lowest BCUT2D eigenvalue weighted by Crippen LogP contribution is -2.23. The van der Waals surface area contributed by atoms with Crippen molar-refractivity contribution in [3.8, 4) is 6.07 Å². The summed E-state index contributed by atoms with van der Waals surface area (Å²) in [4.78, 5) is 12.0. The SMILES string of the molecule is Cc1cc(Cl)cc(C(=O)NCc2ccc(C#N)cc2F)c1. The van der Waals surface area contributed by atoms with Crippen LogP contribution in [0.5, 0.6) is 0 Å². The third kappa shape index (κ3) is 3.80. The summed E-state index contributed by atoms with van der Waals surface area (Å²) in [6.07, 6.45) is 0. The lowest BCUT2D eigenvalue weighted by molar-refractivity contribution is 0.0950. The molecule has 0 saturated heterocycles. The molecule has 21 heavy (non-hydrogen) atoms. The van der Waals surface area contributed by atoms with Crippen molar-refractivity contribution in [3.63, 3.8) is 0 Å². The fourth-order valence-electron chi connectivity index (χ4n) is 1.91. The number of carbonyl (C=O) groups excluding carboxylic acids is 1. The van der Waals surface area contributed by atoms with Gasteiger partial charge >= 0.3 is 0 Å². The fourth-order valence-corrected chi connectivity index (χ4v) is 2.19. The van der Waals surface area contributed by atoms with E-state index >= 15 is 0 Å². The minimum atomic E-state index is -0.517. The molecule has 2 aromatic rings. The van der Waals surface area contributed by atoms with Crippen LogP contribution in [0.1, 0.15) is 27.0 Å². The van der Waals surface area contributed by atoms with Crippen LogP contribution in [0.2, 0.25) is 5.02 Å². The number of nitriles is 1. The maximum atomic E-state index is 13.7. The first-order valence-corrected chi connectivity index (χ1v) is 6.61. The van der Waals surface area contributed by atoms with E-state index in [1.54, 1.807) is 18.2 Å². The van der Waals surface area contributed by atoms with Crippen LogP contribution in [0, 0.1) is 24.1 Å². The van der Waals surface area contributed by atoms with Gasteiger partial charge in [-0.1, -0.05) is 17.7 Å². The van der Waals surface area contributed by atoms with Crippen molar-refractivity contribution in [1.29, 1.82) is 5.26 Å². The zero-order valence-electron chi connectivity index (χ0n) is 11.3. The number of aryl methyl sites for hydroxylation is 1. The van der Waals surface area contributed by atoms with Gasteiger partial charge in [-0.25, -0.2) is 4.39 Å². The Hall–Kier alpha value is -2.38. The number of amides is 1. The van der Waals surface area contributed by atoms with Gasteiger partial charge in [0, 0.05) is 22.7 Å². The highest BCUT2D eigenvalue weighted by molar-refractivity contribution is 6.31. The summed E-state index contributed by atoms with van der Waals surface area (Å²) >= 11 is 5.90. The van der Waals surface area contributed by atoms with E-state index in [1.165, 1.54) is 12.1 Å². The lowest BCUT2D eigenvalue weighted by atomic mass is 10.1. The fraction of sp³-hybridized carbons (Fsp3) is 0.125. The number of carbonyl (C=O) groups is 1. The molecule has 3 nitrogen and oxygen atoms in total. The van der Waals surface area contributed by atoms with E-state index in [0.29, 0.717) is 16.1 Å². The first-order chi connectivity index (χ1) is 9.99. The van der Waals surface area contributed by atoms with Gasteiger partial charge in [0.05, 0.1) is 11.6 Å². The quantitative estimate of drug-likeness (QED) is 0.942. The molecule has 5 heteroatoms. The minimum absolute atomic E-state index is 0.0436. The second-order valence-electron chi connectivity index (χ2n) is 4.62. The molecule has 0 aliphatic heterocycles. The third-order valence-corrected chi connectivity index (χ3v) is 3.14. The van der Waals surface area contributed by atoms with Crippen LogP contribution >= 0.6 is 11.6 Å². The summed E-state index contributed by atoms with van der Waals surface area (Å²) in [5.74, 6) is -0.846. The van der Waals surface area contributed by atoms with Crippen molar-refractivity contribution in [2.45, 2.75) is 13.5 Å². The summed E-state index contributed by atoms with van der Waals surface area (Å²) in [7, 11) is 0. The van der Waals surface area contributed by atoms with Crippen molar-refractivity contribution in [2.24, 2.45) is 0 Å². The molecule has 2 rings (SSSR count). The minimum Gasteiger partial charge on any atom is -0.348 e. The Morgan fingerprint density at radius 1 is 1.33 bits per heavy atom. The topological polar surface area (TPSA) is 52.9 Å². The van der Waals surface area contributed by atoms with Gasteiger partial charge in [-0.2, -0.15) is 5.26 Å². The largest absolute Gasteiger partial charge is 0.348 e. The average Bonchev–Trinajstić information content (AvgIpc) is 2.44. The Kier molecular flexibility index (Phi) is 4.56. The zero-order valence-corrected chi connectivity index (χ0v) is 12.0. The summed E-state index contributed by atoms with van der Waals surface area (Å²) in [6, 6.07) is 11.0. The molecule has 0 spiro atoms. The van der Waals surface area contributed by atoms with E-state index < -0.39 is 5.82 Å². The number of hydrogen-bond acceptors (Lipinski definition) is 2. The van der Waals surface area contributed by atoms with Crippen molar-refractivity contribution in [3.05, 3.63) is 69.5 Å². The zero-order chi connectivity index (χ0) is 15.4. The first-order valence-electron chi connectivity index (χ1n) is 6.23. The van der Waals surface area contributed by atoms with Gasteiger partial charge in [-0.3, -0.25) is 4.79 Å². The molecule has 0 atom stereocenters. The second-order valence-corrected chi connectivity index (χ2v) is 5.05. The molecule has 0 radical (unpaired) electrons. The highest BCUT2D eigenvalue weighted by Crippen LogP contribution is 2.15. The van der Waals surface area contributed by atoms with Crippen molar-refractivity contribution < 1.29 is 9.18 Å². The Balaban J connectivity index is 2.09. The molecule has 1 N–H and O–H groups in total. The first kappa shape index (κ1) is 15.0. The highest BCUT2D eigenvalue weighted by Gasteiger charge is 2.09. The van der Waals surface area contributed by atoms with Gasteiger partial charge in [0.15, 0.2) is 0 Å². The van der Waals surface area contributed by atoms with Crippen LogP contribution in [-0.4, -0.2) is 5.91 Å². The van der Waals surface area contributed by atoms with Crippen molar-refractivity contribution in [1.82, 2.24) is 5.32 Å². The normalized spacial score (nSPS) is 10.0. The molecule has 0 saturated carbocycles. The van der Waals surface area contributed by atoms with E-state index in [0.717, 1.165) is 11.6 Å². The number of benzene rings is 2. The Bertz CT molecular complexity index is 717. The molecular formula is C16H12ClFN2O. The van der Waals surface area contributed by atoms with Crippen LogP contribution in [0.3, 0.4) is 0 Å². The van der Waals surface area contributed by atoms with E-state index in [2.05, 4.69) is 5.32 Å². The molecule has 0 bridgehead atoms. The predicted octanol–water partition coefficient (Wildman–Crippen LogP) is 3.59. The molecular weight excluding hydrogens is 291 g/mol. The summed E-state index contributed by atoms with van der Waals surface area (Å²) in [6.45, 7) is 1.88. The Morgan fingerprint density at radius 3 is 2.71 bits per heavy atom. The van der Waals surface area contributed by atoms with Crippen molar-refractivity contribution >= 4 is 17.5 Å². The number of hydrogen-bond donors (Lipinski definition) is 1. The summed E-state index contributed by atoms with van der Waals surface area (Å²) < 4.78 is 13.7. The van der Waals surface area contributed by atoms with Crippen LogP contribution < -0.4 is 5.32 Å². The van der Waals surface area contributed by atoms with Gasteiger partial charge in [0.2, 0.25) is 0 Å². The van der Waals surface area contributed by atoms with Crippen LogP contribution in [-0.2, 0) is 6.54 Å². The number of rotatable bonds is 3. The van der Waals surface area contributed by atoms with Crippen LogP contribution in [0.15, 0.2) is 36.4 Å². The summed E-state index contributed by atoms with van der Waals surface area (Å²) in [5.41, 5.74) is 1.86. The van der Waals surface area contributed by atoms with Gasteiger partial charge in [-0.05, 0) is 42.8 Å². The smallest absolute Gasteiger partial charge is 0.251 e. The Morgan fingerprint density at radius 2 is 2.10 bits per heavy atom. The monoisotopic (exact) mass is 302 g/mol. The molecule has 0 aliphatic rings. The lowest BCUT2D eigenvalue weighted by Gasteiger charge is -2.08. The standard InChI is InChI=1S/C16H12ClFN2O/c1-10-4-13(7-14(17)5-10)16(21)20-9-12-3-2-11(8-19)6-15(12)18/h2-7H,9H2,1H3,(H,20,21). The molecule has 0 fully saturated rings. The predicted molar refractivity (Wildman–Crippen MR) is 78.5 cm³/mol. The number of halogens is 2. The van der Waals surface area contributed by atoms with Gasteiger partial charge < -0.3 is 5.32 Å². The van der Waals surface area contributed by atoms with E-state index in [-0.39, 0.29) is 18.0 Å². The third-order valence-electron chi connectivity index (χ3n) is 2.93. The molecule has 0 unspecified atom stereocenters. The van der Waals surface area contributed by atoms with E-state index in [9.17, 15) is 9.18 Å². The second kappa shape index (κ2) is 6.38. The molecule has 2 aromatic carbocycles. The summed E-state index contributed by atoms with van der Waals surface area (Å²) in [5, 5.41) is 11.8. The molecule has 106 valence electrons. The maximum absolute atomic E-state index is 13.7. The van der Waals surface area contributed by atoms with Gasteiger partial charge in [0.25, 0.3) is 5.91 Å². The Labute approximate surface area is 127 Å². The van der Waals surface area contributed by atoms with Crippen molar-refractivity contribution in [2.75, 3.05) is 0 Å². The van der Waals surface area contributed by atoms with Crippen LogP contribution in [0.4, 0.5) is 4.39 Å². The molecule has 1 amide bonds. The maximum Gasteiger partial charge on any atom is 0.251 e. The molecule has 0 aliphatic carbocycles. The van der Waals surface area contributed by atoms with Gasteiger partial charge in [0.1, 0.15) is 5.82 Å². The van der Waals surface area contributed by atoms with E-state index in [1.807, 2.05) is 13.0 Å². The average molecular weight is 303 g/mol. The molecule has 0 aromatic heterocycles. The molecule has 0 heterocycles. The van der Waals surface area contributed by atoms with E-state index in [4.69, 9.17) is 16.9 Å². The van der Waals surface area contributed by atoms with Crippen LogP contribution in [0.25, 0.3) is 0 Å². The number of nitrogens with one attached hydrogen (secondary N) is 1. The number of nitrogens with zero attached hydrogens (tertiary/aromatic N) is 1. The van der Waals surface area contributed by atoms with Gasteiger partial charge in [-0.15, -0.1) is 0 Å². The highest BCUT2D eigenvalue weighted by atomic mass is 35.5.